The maximum Gasteiger partial charge on any atom is 0.222 e. The van der Waals surface area contributed by atoms with E-state index in [2.05, 4.69) is 24.4 Å². The van der Waals surface area contributed by atoms with Crippen molar-refractivity contribution in [1.82, 2.24) is 10.2 Å². The number of aryl methyl sites for hydroxylation is 2. The standard InChI is InChI=1S/C14H20N2O/c1-11-5-3-4-6-12(11)7-8-14(17)16(2)13-9-15-10-13/h3-6,13,15H,7-10H2,1-2H3. The summed E-state index contributed by atoms with van der Waals surface area (Å²) in [6.07, 6.45) is 1.45. The van der Waals surface area contributed by atoms with Crippen LogP contribution in [-0.4, -0.2) is 37.0 Å². The summed E-state index contributed by atoms with van der Waals surface area (Å²) in [5.74, 6) is 0.250. The SMILES string of the molecule is Cc1ccccc1CCC(=O)N(C)C1CNC1. The minimum atomic E-state index is 0.250. The summed E-state index contributed by atoms with van der Waals surface area (Å²) in [5.41, 5.74) is 2.55. The lowest BCUT2D eigenvalue weighted by Crippen LogP contribution is -2.57. The highest BCUT2D eigenvalue weighted by Crippen LogP contribution is 2.11. The van der Waals surface area contributed by atoms with E-state index in [4.69, 9.17) is 0 Å². The smallest absolute Gasteiger partial charge is 0.222 e. The summed E-state index contributed by atoms with van der Waals surface area (Å²) in [7, 11) is 1.91. The van der Waals surface area contributed by atoms with E-state index >= 15 is 0 Å². The lowest BCUT2D eigenvalue weighted by atomic mass is 10.0. The molecule has 0 aromatic heterocycles. The number of likely N-dealkylation sites (N-methyl/N-ethyl adjacent to an activating group) is 1. The number of nitrogens with one attached hydrogen (secondary N) is 1. The second kappa shape index (κ2) is 5.32. The Morgan fingerprint density at radius 1 is 1.41 bits per heavy atom. The molecule has 92 valence electrons. The number of carbonyl (C=O) groups excluding carboxylic acids is 1. The zero-order valence-electron chi connectivity index (χ0n) is 10.6. The molecule has 1 heterocycles. The first kappa shape index (κ1) is 12.1. The number of hydrogen-bond donors (Lipinski definition) is 1. The van der Waals surface area contributed by atoms with E-state index in [-0.39, 0.29) is 5.91 Å². The first-order valence-electron chi connectivity index (χ1n) is 6.19. The van der Waals surface area contributed by atoms with Crippen molar-refractivity contribution < 1.29 is 4.79 Å². The van der Waals surface area contributed by atoms with Crippen molar-refractivity contribution in [2.75, 3.05) is 20.1 Å². The van der Waals surface area contributed by atoms with E-state index in [0.29, 0.717) is 12.5 Å². The average Bonchev–Trinajstić information content (AvgIpc) is 2.25. The first-order chi connectivity index (χ1) is 8.18. The maximum atomic E-state index is 12.0. The van der Waals surface area contributed by atoms with Gasteiger partial charge in [-0.15, -0.1) is 0 Å². The Kier molecular flexibility index (Phi) is 3.79. The quantitative estimate of drug-likeness (QED) is 0.850. The van der Waals surface area contributed by atoms with Crippen LogP contribution in [0.1, 0.15) is 17.5 Å². The van der Waals surface area contributed by atoms with Crippen molar-refractivity contribution in [3.05, 3.63) is 35.4 Å². The third-order valence-corrected chi connectivity index (χ3v) is 3.57. The van der Waals surface area contributed by atoms with Gasteiger partial charge in [0.1, 0.15) is 0 Å². The lowest BCUT2D eigenvalue weighted by molar-refractivity contribution is -0.132. The molecule has 1 amide bonds. The third kappa shape index (κ3) is 2.86. The van der Waals surface area contributed by atoms with E-state index in [9.17, 15) is 4.79 Å². The van der Waals surface area contributed by atoms with Crippen molar-refractivity contribution in [2.45, 2.75) is 25.8 Å². The van der Waals surface area contributed by atoms with Crippen molar-refractivity contribution in [3.63, 3.8) is 0 Å². The number of amides is 1. The molecule has 1 N–H and O–H groups in total. The van der Waals surface area contributed by atoms with Gasteiger partial charge in [-0.25, -0.2) is 0 Å². The van der Waals surface area contributed by atoms with Crippen molar-refractivity contribution >= 4 is 5.91 Å². The highest BCUT2D eigenvalue weighted by Gasteiger charge is 2.24. The van der Waals surface area contributed by atoms with Crippen LogP contribution < -0.4 is 5.32 Å². The largest absolute Gasteiger partial charge is 0.340 e. The molecule has 3 heteroatoms. The number of benzene rings is 1. The predicted molar refractivity (Wildman–Crippen MR) is 68.9 cm³/mol. The fourth-order valence-corrected chi connectivity index (χ4v) is 2.06. The number of carbonyl (C=O) groups is 1. The molecule has 0 radical (unpaired) electrons. The Morgan fingerprint density at radius 3 is 2.71 bits per heavy atom. The van der Waals surface area contributed by atoms with Gasteiger partial charge in [0.15, 0.2) is 0 Å². The predicted octanol–water partition coefficient (Wildman–Crippen LogP) is 1.36. The molecule has 0 aliphatic carbocycles. The van der Waals surface area contributed by atoms with Crippen LogP contribution in [0.3, 0.4) is 0 Å². The van der Waals surface area contributed by atoms with Gasteiger partial charge in [0.25, 0.3) is 0 Å². The molecule has 0 bridgehead atoms. The van der Waals surface area contributed by atoms with Gasteiger partial charge in [-0.3, -0.25) is 4.79 Å². The molecule has 2 rings (SSSR count). The fourth-order valence-electron chi connectivity index (χ4n) is 2.06. The highest BCUT2D eigenvalue weighted by molar-refractivity contribution is 5.76. The molecule has 1 aliphatic rings. The van der Waals surface area contributed by atoms with Gasteiger partial charge in [-0.2, -0.15) is 0 Å². The van der Waals surface area contributed by atoms with Crippen LogP contribution in [-0.2, 0) is 11.2 Å². The summed E-state index contributed by atoms with van der Waals surface area (Å²) in [4.78, 5) is 13.8. The monoisotopic (exact) mass is 232 g/mol. The third-order valence-electron chi connectivity index (χ3n) is 3.57. The molecule has 0 atom stereocenters. The fraction of sp³-hybridized carbons (Fsp3) is 0.500. The molecule has 0 spiro atoms. The van der Waals surface area contributed by atoms with Gasteiger partial charge in [0, 0.05) is 26.6 Å². The average molecular weight is 232 g/mol. The van der Waals surface area contributed by atoms with Gasteiger partial charge in [-0.05, 0) is 24.5 Å². The van der Waals surface area contributed by atoms with Crippen LogP contribution in [0.4, 0.5) is 0 Å². The van der Waals surface area contributed by atoms with Gasteiger partial charge in [0.2, 0.25) is 5.91 Å². The number of nitrogens with zero attached hydrogens (tertiary/aromatic N) is 1. The van der Waals surface area contributed by atoms with Crippen LogP contribution in [0.2, 0.25) is 0 Å². The first-order valence-corrected chi connectivity index (χ1v) is 6.19. The number of rotatable bonds is 4. The summed E-state index contributed by atoms with van der Waals surface area (Å²) >= 11 is 0. The number of hydrogen-bond acceptors (Lipinski definition) is 2. The van der Waals surface area contributed by atoms with Crippen LogP contribution in [0.15, 0.2) is 24.3 Å². The molecule has 1 aromatic carbocycles. The minimum Gasteiger partial charge on any atom is -0.340 e. The molecule has 1 aromatic rings. The maximum absolute atomic E-state index is 12.0. The molecule has 1 fully saturated rings. The van der Waals surface area contributed by atoms with Crippen molar-refractivity contribution in [3.8, 4) is 0 Å². The molecular formula is C14H20N2O. The second-order valence-corrected chi connectivity index (χ2v) is 4.74. The van der Waals surface area contributed by atoms with E-state index in [1.165, 1.54) is 11.1 Å². The summed E-state index contributed by atoms with van der Waals surface area (Å²) < 4.78 is 0. The normalized spacial score (nSPS) is 15.4. The van der Waals surface area contributed by atoms with Gasteiger partial charge in [-0.1, -0.05) is 24.3 Å². The minimum absolute atomic E-state index is 0.250. The van der Waals surface area contributed by atoms with Crippen molar-refractivity contribution in [1.29, 1.82) is 0 Å². The lowest BCUT2D eigenvalue weighted by Gasteiger charge is -2.35. The van der Waals surface area contributed by atoms with Crippen LogP contribution >= 0.6 is 0 Å². The zero-order chi connectivity index (χ0) is 12.3. The van der Waals surface area contributed by atoms with E-state index in [1.807, 2.05) is 24.1 Å². The Labute approximate surface area is 103 Å². The Bertz CT molecular complexity index is 399. The molecule has 1 saturated heterocycles. The molecular weight excluding hydrogens is 212 g/mol. The summed E-state index contributed by atoms with van der Waals surface area (Å²) in [6.45, 7) is 3.97. The zero-order valence-corrected chi connectivity index (χ0v) is 10.6. The summed E-state index contributed by atoms with van der Waals surface area (Å²) in [5, 5.41) is 3.19. The Morgan fingerprint density at radius 2 is 2.12 bits per heavy atom. The molecule has 1 aliphatic heterocycles. The van der Waals surface area contributed by atoms with E-state index in [1.54, 1.807) is 0 Å². The van der Waals surface area contributed by atoms with E-state index < -0.39 is 0 Å². The molecule has 3 nitrogen and oxygen atoms in total. The molecule has 0 unspecified atom stereocenters. The van der Waals surface area contributed by atoms with Crippen LogP contribution in [0, 0.1) is 6.92 Å². The summed E-state index contributed by atoms with van der Waals surface area (Å²) in [6, 6.07) is 8.67. The molecule has 17 heavy (non-hydrogen) atoms. The van der Waals surface area contributed by atoms with Gasteiger partial charge < -0.3 is 10.2 Å². The van der Waals surface area contributed by atoms with Gasteiger partial charge >= 0.3 is 0 Å². The van der Waals surface area contributed by atoms with Crippen LogP contribution in [0.25, 0.3) is 0 Å². The Hall–Kier alpha value is -1.35. The van der Waals surface area contributed by atoms with E-state index in [0.717, 1.165) is 19.5 Å². The molecule has 0 saturated carbocycles. The highest BCUT2D eigenvalue weighted by atomic mass is 16.2. The second-order valence-electron chi connectivity index (χ2n) is 4.74. The van der Waals surface area contributed by atoms with Crippen LogP contribution in [0.5, 0.6) is 0 Å². The topological polar surface area (TPSA) is 32.3 Å². The van der Waals surface area contributed by atoms with Crippen molar-refractivity contribution in [2.24, 2.45) is 0 Å². The van der Waals surface area contributed by atoms with Gasteiger partial charge in [0.05, 0.1) is 6.04 Å². The Balaban J connectivity index is 1.85.